The smallest absolute Gasteiger partial charge is 0.0642 e. The molecule has 3 aliphatic carbocycles. The van der Waals surface area contributed by atoms with Gasteiger partial charge < -0.3 is 19.9 Å². The highest BCUT2D eigenvalue weighted by Gasteiger charge is 2.44. The molecule has 35 heavy (non-hydrogen) atoms. The lowest BCUT2D eigenvalue weighted by Gasteiger charge is -2.41. The van der Waals surface area contributed by atoms with Gasteiger partial charge in [0.05, 0.1) is 13.2 Å². The summed E-state index contributed by atoms with van der Waals surface area (Å²) in [6.45, 7) is 16.6. The van der Waals surface area contributed by atoms with Gasteiger partial charge in [-0.1, -0.05) is 20.8 Å². The van der Waals surface area contributed by atoms with Crippen LogP contribution in [-0.4, -0.2) is 52.0 Å². The van der Waals surface area contributed by atoms with Gasteiger partial charge in [0.25, 0.3) is 0 Å². The molecule has 1 aromatic carbocycles. The van der Waals surface area contributed by atoms with E-state index in [0.29, 0.717) is 17.4 Å². The molecule has 4 nitrogen and oxygen atoms in total. The lowest BCUT2D eigenvalue weighted by molar-refractivity contribution is 0.122. The molecular formula is C30H50ClN3O. The molecule has 0 radical (unpaired) electrons. The summed E-state index contributed by atoms with van der Waals surface area (Å²) in [5.74, 6) is 4.03. The predicted molar refractivity (Wildman–Crippen MR) is 151 cm³/mol. The van der Waals surface area contributed by atoms with Gasteiger partial charge in [0, 0.05) is 50.1 Å². The average molecular weight is 504 g/mol. The first kappa shape index (κ1) is 27.1. The van der Waals surface area contributed by atoms with E-state index in [0.717, 1.165) is 51.9 Å². The second-order valence-corrected chi connectivity index (χ2v) is 12.8. The largest absolute Gasteiger partial charge is 0.378 e. The normalized spacial score (nSPS) is 32.4. The molecule has 0 aromatic heterocycles. The number of hydrogen-bond acceptors (Lipinski definition) is 4. The molecule has 5 heteroatoms. The molecule has 2 saturated heterocycles. The van der Waals surface area contributed by atoms with Crippen molar-refractivity contribution in [1.29, 1.82) is 0 Å². The zero-order valence-electron chi connectivity index (χ0n) is 22.7. The molecule has 198 valence electrons. The topological polar surface area (TPSA) is 27.7 Å². The van der Waals surface area contributed by atoms with Crippen LogP contribution in [-0.2, 0) is 4.74 Å². The highest BCUT2D eigenvalue weighted by Crippen LogP contribution is 2.55. The van der Waals surface area contributed by atoms with Gasteiger partial charge >= 0.3 is 0 Å². The van der Waals surface area contributed by atoms with Crippen LogP contribution in [0.1, 0.15) is 84.1 Å². The van der Waals surface area contributed by atoms with E-state index >= 15 is 0 Å². The number of piperazine rings is 1. The number of nitrogens with zero attached hydrogens (tertiary/aromatic N) is 2. The molecule has 1 aromatic rings. The Morgan fingerprint density at radius 3 is 2.14 bits per heavy atom. The molecule has 2 heterocycles. The van der Waals surface area contributed by atoms with Gasteiger partial charge in [-0.15, -0.1) is 12.4 Å². The van der Waals surface area contributed by atoms with Crippen LogP contribution in [0.3, 0.4) is 0 Å². The quantitative estimate of drug-likeness (QED) is 0.510. The number of nitrogens with one attached hydrogen (secondary N) is 1. The van der Waals surface area contributed by atoms with E-state index < -0.39 is 0 Å². The summed E-state index contributed by atoms with van der Waals surface area (Å²) in [5, 5.41) is 3.55. The minimum atomic E-state index is 0. The molecule has 1 N–H and O–H groups in total. The maximum atomic E-state index is 5.59. The Morgan fingerprint density at radius 1 is 0.914 bits per heavy atom. The first-order valence-electron chi connectivity index (χ1n) is 14.3. The third-order valence-electron chi connectivity index (χ3n) is 9.57. The molecule has 5 aliphatic rings. The van der Waals surface area contributed by atoms with E-state index in [9.17, 15) is 0 Å². The number of benzene rings is 1. The van der Waals surface area contributed by atoms with Crippen molar-refractivity contribution >= 4 is 23.8 Å². The number of rotatable bonds is 3. The van der Waals surface area contributed by atoms with Crippen molar-refractivity contribution in [2.75, 3.05) is 55.7 Å². The minimum Gasteiger partial charge on any atom is -0.378 e. The molecule has 0 bridgehead atoms. The third kappa shape index (κ3) is 6.48. The maximum Gasteiger partial charge on any atom is 0.0642 e. The zero-order valence-corrected chi connectivity index (χ0v) is 23.5. The Hall–Kier alpha value is -0.970. The van der Waals surface area contributed by atoms with E-state index in [1.165, 1.54) is 48.9 Å². The molecule has 3 unspecified atom stereocenters. The van der Waals surface area contributed by atoms with Crippen LogP contribution in [0.15, 0.2) is 18.2 Å². The van der Waals surface area contributed by atoms with E-state index in [2.05, 4.69) is 61.0 Å². The van der Waals surface area contributed by atoms with Crippen molar-refractivity contribution in [3.63, 3.8) is 0 Å². The average Bonchev–Trinajstić information content (AvgIpc) is 3.44. The number of ether oxygens (including phenoxy) is 1. The van der Waals surface area contributed by atoms with Crippen LogP contribution in [0.2, 0.25) is 0 Å². The lowest BCUT2D eigenvalue weighted by Crippen LogP contribution is -2.50. The SMILES string of the molecule is C1CC2CC12.CC1CNCCN1c1ccc(N2CCOCC2)cc1C1CCC(C(C)(C)C)CC1.Cl. The van der Waals surface area contributed by atoms with Gasteiger partial charge in [-0.25, -0.2) is 0 Å². The summed E-state index contributed by atoms with van der Waals surface area (Å²) in [5.41, 5.74) is 4.94. The molecule has 6 rings (SSSR count). The second kappa shape index (κ2) is 11.6. The molecule has 0 spiro atoms. The van der Waals surface area contributed by atoms with E-state index in [1.807, 2.05) is 0 Å². The van der Waals surface area contributed by atoms with Crippen molar-refractivity contribution in [3.8, 4) is 0 Å². The van der Waals surface area contributed by atoms with E-state index in [1.54, 1.807) is 24.8 Å². The van der Waals surface area contributed by atoms with Crippen LogP contribution in [0.4, 0.5) is 11.4 Å². The van der Waals surface area contributed by atoms with Gasteiger partial charge in [-0.05, 0) is 105 Å². The fraction of sp³-hybridized carbons (Fsp3) is 0.800. The van der Waals surface area contributed by atoms with Gasteiger partial charge in [-0.3, -0.25) is 0 Å². The standard InChI is InChI=1S/C25H41N3O.C5H8.ClH/c1-19-18-26-11-12-28(19)24-10-9-22(27-13-15-29-16-14-27)17-23(24)20-5-7-21(8-6-20)25(2,3)4;1-2-5-3-4(1)5;/h9-10,17,19-21,26H,5-8,11-16,18H2,1-4H3;4-5H,1-3H2;1H. The number of halogens is 1. The molecule has 3 saturated carbocycles. The molecule has 5 fully saturated rings. The summed E-state index contributed by atoms with van der Waals surface area (Å²) >= 11 is 0. The van der Waals surface area contributed by atoms with Crippen LogP contribution >= 0.6 is 12.4 Å². The van der Waals surface area contributed by atoms with Crippen molar-refractivity contribution in [3.05, 3.63) is 23.8 Å². The van der Waals surface area contributed by atoms with Crippen LogP contribution in [0, 0.1) is 23.2 Å². The van der Waals surface area contributed by atoms with Gasteiger partial charge in [-0.2, -0.15) is 0 Å². The van der Waals surface area contributed by atoms with Crippen LogP contribution in [0.25, 0.3) is 0 Å². The van der Waals surface area contributed by atoms with E-state index in [4.69, 9.17) is 4.74 Å². The van der Waals surface area contributed by atoms with Crippen LogP contribution in [0.5, 0.6) is 0 Å². The molecular weight excluding hydrogens is 454 g/mol. The first-order chi connectivity index (χ1) is 16.4. The minimum absolute atomic E-state index is 0. The van der Waals surface area contributed by atoms with Crippen molar-refractivity contribution in [2.45, 2.75) is 84.6 Å². The Labute approximate surface area is 221 Å². The van der Waals surface area contributed by atoms with Gasteiger partial charge in [0.2, 0.25) is 0 Å². The van der Waals surface area contributed by atoms with Crippen molar-refractivity contribution in [2.24, 2.45) is 23.2 Å². The maximum absolute atomic E-state index is 5.59. The summed E-state index contributed by atoms with van der Waals surface area (Å²) in [6.07, 6.45) is 10.1. The monoisotopic (exact) mass is 503 g/mol. The lowest BCUT2D eigenvalue weighted by atomic mass is 9.68. The summed E-state index contributed by atoms with van der Waals surface area (Å²) in [7, 11) is 0. The summed E-state index contributed by atoms with van der Waals surface area (Å²) < 4.78 is 5.59. The number of hydrogen-bond donors (Lipinski definition) is 1. The van der Waals surface area contributed by atoms with Gasteiger partial charge in [0.15, 0.2) is 0 Å². The first-order valence-corrected chi connectivity index (χ1v) is 14.3. The number of anilines is 2. The zero-order chi connectivity index (χ0) is 23.7. The third-order valence-corrected chi connectivity index (χ3v) is 9.57. The highest BCUT2D eigenvalue weighted by atomic mass is 35.5. The Morgan fingerprint density at radius 2 is 1.60 bits per heavy atom. The fourth-order valence-corrected chi connectivity index (χ4v) is 6.80. The van der Waals surface area contributed by atoms with Crippen LogP contribution < -0.4 is 15.1 Å². The van der Waals surface area contributed by atoms with Gasteiger partial charge in [0.1, 0.15) is 0 Å². The van der Waals surface area contributed by atoms with Crippen molar-refractivity contribution in [1.82, 2.24) is 5.32 Å². The second-order valence-electron chi connectivity index (χ2n) is 12.8. The van der Waals surface area contributed by atoms with E-state index in [-0.39, 0.29) is 12.4 Å². The molecule has 0 amide bonds. The predicted octanol–water partition coefficient (Wildman–Crippen LogP) is 6.48. The summed E-state index contributed by atoms with van der Waals surface area (Å²) in [6, 6.07) is 7.89. The molecule has 3 atom stereocenters. The molecule has 2 aliphatic heterocycles. The fourth-order valence-electron chi connectivity index (χ4n) is 6.80. The number of fused-ring (bicyclic) bond motifs is 1. The Bertz CT molecular complexity index is 798. The summed E-state index contributed by atoms with van der Waals surface area (Å²) in [4.78, 5) is 5.17. The Balaban J connectivity index is 0.000000421. The number of morpholine rings is 1. The Kier molecular flexibility index (Phi) is 8.98. The highest BCUT2D eigenvalue weighted by molar-refractivity contribution is 5.85. The van der Waals surface area contributed by atoms with Crippen molar-refractivity contribution < 1.29 is 4.74 Å².